The fourth-order valence-corrected chi connectivity index (χ4v) is 2.21. The standard InChI is InChI=1S/C16H32/c1-5-7-9-10-12-14-16(4)15(3)13-11-8-6-2/h15-16H,1-2,5-14H2,3-4H3. The molecule has 0 aromatic heterocycles. The molecule has 0 aromatic rings. The summed E-state index contributed by atoms with van der Waals surface area (Å²) in [6, 6.07) is 0. The second-order valence-corrected chi connectivity index (χ2v) is 5.36. The Labute approximate surface area is 104 Å². The van der Waals surface area contributed by atoms with Crippen molar-refractivity contribution in [2.45, 2.75) is 78.1 Å². The summed E-state index contributed by atoms with van der Waals surface area (Å²) in [5.74, 6) is 1.81. The molecule has 0 N–H and O–H groups in total. The lowest BCUT2D eigenvalue weighted by Gasteiger charge is -2.19. The van der Waals surface area contributed by atoms with Gasteiger partial charge in [-0.25, -0.2) is 0 Å². The zero-order valence-electron chi connectivity index (χ0n) is 11.6. The quantitative estimate of drug-likeness (QED) is 0.387. The Morgan fingerprint density at radius 2 is 1.00 bits per heavy atom. The smallest absolute Gasteiger partial charge is 0.0417 e. The van der Waals surface area contributed by atoms with Gasteiger partial charge in [0.05, 0.1) is 0 Å². The van der Waals surface area contributed by atoms with Crippen LogP contribution in [0.25, 0.3) is 0 Å². The summed E-state index contributed by atoms with van der Waals surface area (Å²) in [4.78, 5) is 0. The van der Waals surface area contributed by atoms with Crippen LogP contribution in [0.3, 0.4) is 0 Å². The highest BCUT2D eigenvalue weighted by Gasteiger charge is 2.11. The van der Waals surface area contributed by atoms with Crippen LogP contribution in [0.4, 0.5) is 0 Å². The SMILES string of the molecule is [CH2]CCCCCCC(C)C(C)CCCC[CH2]. The third kappa shape index (κ3) is 9.24. The number of hydrogen-bond acceptors (Lipinski definition) is 0. The molecule has 0 aliphatic carbocycles. The van der Waals surface area contributed by atoms with Crippen LogP contribution in [0, 0.1) is 25.7 Å². The molecule has 0 amide bonds. The van der Waals surface area contributed by atoms with Crippen molar-refractivity contribution in [1.29, 1.82) is 0 Å². The monoisotopic (exact) mass is 224 g/mol. The van der Waals surface area contributed by atoms with E-state index in [4.69, 9.17) is 0 Å². The third-order valence-corrected chi connectivity index (χ3v) is 3.79. The molecule has 96 valence electrons. The van der Waals surface area contributed by atoms with Crippen LogP contribution in [0.2, 0.25) is 0 Å². The minimum Gasteiger partial charge on any atom is -0.0623 e. The van der Waals surface area contributed by atoms with Crippen LogP contribution < -0.4 is 0 Å². The fraction of sp³-hybridized carbons (Fsp3) is 0.875. The van der Waals surface area contributed by atoms with Gasteiger partial charge in [-0.1, -0.05) is 91.9 Å². The van der Waals surface area contributed by atoms with Gasteiger partial charge in [-0.2, -0.15) is 0 Å². The van der Waals surface area contributed by atoms with E-state index in [1.165, 1.54) is 51.4 Å². The molecule has 0 saturated carbocycles. The normalized spacial score (nSPS) is 15.0. The molecule has 2 atom stereocenters. The Bertz CT molecular complexity index is 128. The number of rotatable bonds is 11. The second-order valence-electron chi connectivity index (χ2n) is 5.36. The predicted octanol–water partition coefficient (Wildman–Crippen LogP) is 5.83. The molecule has 0 fully saturated rings. The summed E-state index contributed by atoms with van der Waals surface area (Å²) in [5, 5.41) is 0. The molecule has 0 rings (SSSR count). The average Bonchev–Trinajstić information content (AvgIpc) is 2.28. The van der Waals surface area contributed by atoms with Gasteiger partial charge in [-0.3, -0.25) is 0 Å². The Kier molecular flexibility index (Phi) is 11.5. The van der Waals surface area contributed by atoms with E-state index in [1.54, 1.807) is 0 Å². The van der Waals surface area contributed by atoms with Gasteiger partial charge in [-0.05, 0) is 11.8 Å². The number of unbranched alkanes of at least 4 members (excludes halogenated alkanes) is 6. The van der Waals surface area contributed by atoms with Crippen LogP contribution in [0.1, 0.15) is 78.1 Å². The first-order chi connectivity index (χ1) is 7.72. The number of hydrogen-bond donors (Lipinski definition) is 0. The fourth-order valence-electron chi connectivity index (χ4n) is 2.21. The summed E-state index contributed by atoms with van der Waals surface area (Å²) in [7, 11) is 0. The average molecular weight is 224 g/mol. The first-order valence-corrected chi connectivity index (χ1v) is 7.30. The molecule has 0 heterocycles. The molecule has 0 aromatic carbocycles. The Morgan fingerprint density at radius 1 is 0.625 bits per heavy atom. The van der Waals surface area contributed by atoms with E-state index in [0.29, 0.717) is 0 Å². The van der Waals surface area contributed by atoms with Gasteiger partial charge in [0.25, 0.3) is 0 Å². The van der Waals surface area contributed by atoms with Crippen molar-refractivity contribution in [1.82, 2.24) is 0 Å². The Balaban J connectivity index is 3.36. The van der Waals surface area contributed by atoms with E-state index in [9.17, 15) is 0 Å². The molecule has 0 heteroatoms. The van der Waals surface area contributed by atoms with Gasteiger partial charge in [-0.15, -0.1) is 0 Å². The van der Waals surface area contributed by atoms with Crippen molar-refractivity contribution in [2.24, 2.45) is 11.8 Å². The summed E-state index contributed by atoms with van der Waals surface area (Å²) >= 11 is 0. The van der Waals surface area contributed by atoms with Crippen molar-refractivity contribution in [3.05, 3.63) is 13.8 Å². The van der Waals surface area contributed by atoms with Crippen molar-refractivity contribution in [3.8, 4) is 0 Å². The molecule has 2 unspecified atom stereocenters. The highest BCUT2D eigenvalue weighted by Crippen LogP contribution is 2.23. The molecule has 0 bridgehead atoms. The van der Waals surface area contributed by atoms with Crippen LogP contribution in [-0.2, 0) is 0 Å². The van der Waals surface area contributed by atoms with Gasteiger partial charge in [0.15, 0.2) is 0 Å². The van der Waals surface area contributed by atoms with Crippen molar-refractivity contribution < 1.29 is 0 Å². The summed E-state index contributed by atoms with van der Waals surface area (Å²) in [6.45, 7) is 12.6. The first-order valence-electron chi connectivity index (χ1n) is 7.30. The lowest BCUT2D eigenvalue weighted by Crippen LogP contribution is -2.08. The molecule has 0 nitrogen and oxygen atoms in total. The molecular formula is C16H32. The van der Waals surface area contributed by atoms with Crippen molar-refractivity contribution in [2.75, 3.05) is 0 Å². The second kappa shape index (κ2) is 11.5. The maximum Gasteiger partial charge on any atom is -0.0417 e. The third-order valence-electron chi connectivity index (χ3n) is 3.79. The molecule has 2 radical (unpaired) electrons. The largest absolute Gasteiger partial charge is 0.0623 e. The highest BCUT2D eigenvalue weighted by atomic mass is 14.2. The maximum absolute atomic E-state index is 3.90. The molecule has 16 heavy (non-hydrogen) atoms. The molecule has 0 spiro atoms. The van der Waals surface area contributed by atoms with Gasteiger partial charge in [0.1, 0.15) is 0 Å². The molecular weight excluding hydrogens is 192 g/mol. The van der Waals surface area contributed by atoms with Gasteiger partial charge in [0.2, 0.25) is 0 Å². The minimum absolute atomic E-state index is 0.902. The van der Waals surface area contributed by atoms with Crippen LogP contribution in [-0.4, -0.2) is 0 Å². The van der Waals surface area contributed by atoms with Crippen molar-refractivity contribution in [3.63, 3.8) is 0 Å². The van der Waals surface area contributed by atoms with E-state index in [0.717, 1.165) is 24.7 Å². The van der Waals surface area contributed by atoms with Gasteiger partial charge in [0, 0.05) is 0 Å². The maximum atomic E-state index is 3.90. The lowest BCUT2D eigenvalue weighted by atomic mass is 9.87. The van der Waals surface area contributed by atoms with Crippen LogP contribution in [0.15, 0.2) is 0 Å². The zero-order valence-corrected chi connectivity index (χ0v) is 11.6. The van der Waals surface area contributed by atoms with E-state index in [1.807, 2.05) is 0 Å². The van der Waals surface area contributed by atoms with E-state index >= 15 is 0 Å². The highest BCUT2D eigenvalue weighted by molar-refractivity contribution is 4.63. The summed E-state index contributed by atoms with van der Waals surface area (Å²) in [6.07, 6.45) is 13.2. The zero-order chi connectivity index (χ0) is 12.2. The van der Waals surface area contributed by atoms with E-state index in [-0.39, 0.29) is 0 Å². The van der Waals surface area contributed by atoms with E-state index < -0.39 is 0 Å². The Morgan fingerprint density at radius 3 is 1.50 bits per heavy atom. The minimum atomic E-state index is 0.902. The van der Waals surface area contributed by atoms with E-state index in [2.05, 4.69) is 27.7 Å². The van der Waals surface area contributed by atoms with Crippen LogP contribution in [0.5, 0.6) is 0 Å². The first kappa shape index (κ1) is 16.0. The summed E-state index contributed by atoms with van der Waals surface area (Å²) in [5.41, 5.74) is 0. The molecule has 0 aliphatic heterocycles. The lowest BCUT2D eigenvalue weighted by molar-refractivity contribution is 0.324. The topological polar surface area (TPSA) is 0 Å². The molecule has 0 aliphatic rings. The summed E-state index contributed by atoms with van der Waals surface area (Å²) < 4.78 is 0. The molecule has 0 saturated heterocycles. The Hall–Kier alpha value is 0. The van der Waals surface area contributed by atoms with Crippen LogP contribution >= 0.6 is 0 Å². The predicted molar refractivity (Wildman–Crippen MR) is 75.2 cm³/mol. The van der Waals surface area contributed by atoms with Gasteiger partial charge >= 0.3 is 0 Å². The van der Waals surface area contributed by atoms with Gasteiger partial charge < -0.3 is 0 Å². The van der Waals surface area contributed by atoms with Crippen molar-refractivity contribution >= 4 is 0 Å².